The first kappa shape index (κ1) is 27.8. The maximum Gasteiger partial charge on any atom is 0.274 e. The van der Waals surface area contributed by atoms with Crippen LogP contribution in [-0.2, 0) is 6.54 Å². The highest BCUT2D eigenvalue weighted by molar-refractivity contribution is 9.10. The molecule has 2 aromatic heterocycles. The molecule has 0 saturated carbocycles. The van der Waals surface area contributed by atoms with Crippen molar-refractivity contribution in [1.29, 1.82) is 0 Å². The number of carbonyl (C=O) groups is 1. The third-order valence-electron chi connectivity index (χ3n) is 6.97. The predicted octanol–water partition coefficient (Wildman–Crippen LogP) is 6.86. The van der Waals surface area contributed by atoms with Crippen LogP contribution in [0.5, 0.6) is 0 Å². The summed E-state index contributed by atoms with van der Waals surface area (Å²) in [6, 6.07) is 20.8. The van der Waals surface area contributed by atoms with E-state index < -0.39 is 0 Å². The van der Waals surface area contributed by atoms with Crippen LogP contribution in [0.1, 0.15) is 16.1 Å². The zero-order chi connectivity index (χ0) is 28.5. The topological polar surface area (TPSA) is 72.1 Å². The molecule has 1 fully saturated rings. The zero-order valence-corrected chi connectivity index (χ0v) is 25.4. The summed E-state index contributed by atoms with van der Waals surface area (Å²) < 4.78 is 4.34. The molecule has 0 bridgehead atoms. The van der Waals surface area contributed by atoms with E-state index in [1.165, 1.54) is 6.33 Å². The van der Waals surface area contributed by atoms with Crippen molar-refractivity contribution >= 4 is 62.3 Å². The van der Waals surface area contributed by atoms with E-state index in [0.29, 0.717) is 64.7 Å². The van der Waals surface area contributed by atoms with E-state index in [-0.39, 0.29) is 5.91 Å². The van der Waals surface area contributed by atoms with Crippen LogP contribution in [0.15, 0.2) is 83.9 Å². The summed E-state index contributed by atoms with van der Waals surface area (Å²) in [7, 11) is 0. The van der Waals surface area contributed by atoms with Crippen molar-refractivity contribution in [3.8, 4) is 16.9 Å². The Morgan fingerprint density at radius 2 is 1.66 bits per heavy atom. The highest BCUT2D eigenvalue weighted by Gasteiger charge is 2.31. The standard InChI is InChI=1S/C29H23BrCl3N7O/c30-20-6-4-19(5-7-20)28-24(16-39-18-34-17-35-39)27(36-40(28)26-9-8-22(32)15-25(26)33)29(41)38-12-10-37(11-13-38)23-3-1-2-21(31)14-23/h1-9,14-15,17-18H,10-13,16H2. The quantitative estimate of drug-likeness (QED) is 0.197. The van der Waals surface area contributed by atoms with Gasteiger partial charge in [-0.3, -0.25) is 4.79 Å². The van der Waals surface area contributed by atoms with Crippen LogP contribution < -0.4 is 4.90 Å². The second-order valence-electron chi connectivity index (χ2n) is 9.54. The van der Waals surface area contributed by atoms with Crippen LogP contribution in [0, 0.1) is 0 Å². The Morgan fingerprint density at radius 1 is 0.902 bits per heavy atom. The first-order valence-electron chi connectivity index (χ1n) is 12.8. The summed E-state index contributed by atoms with van der Waals surface area (Å²) >= 11 is 22.6. The summed E-state index contributed by atoms with van der Waals surface area (Å²) in [6.07, 6.45) is 3.09. The number of piperazine rings is 1. The van der Waals surface area contributed by atoms with Crippen molar-refractivity contribution in [2.45, 2.75) is 6.54 Å². The number of rotatable bonds is 6. The summed E-state index contributed by atoms with van der Waals surface area (Å²) in [5.74, 6) is -0.159. The molecule has 8 nitrogen and oxygen atoms in total. The number of aromatic nitrogens is 5. The molecule has 0 spiro atoms. The van der Waals surface area contributed by atoms with Crippen molar-refractivity contribution in [1.82, 2.24) is 29.4 Å². The molecule has 5 aromatic rings. The Balaban J connectivity index is 1.43. The minimum absolute atomic E-state index is 0.159. The maximum atomic E-state index is 14.2. The number of carbonyl (C=O) groups excluding carboxylic acids is 1. The monoisotopic (exact) mass is 669 g/mol. The Morgan fingerprint density at radius 3 is 2.34 bits per heavy atom. The van der Waals surface area contributed by atoms with Crippen LogP contribution in [0.2, 0.25) is 15.1 Å². The lowest BCUT2D eigenvalue weighted by molar-refractivity contribution is 0.0739. The third-order valence-corrected chi connectivity index (χ3v) is 8.27. The fraction of sp³-hybridized carbons (Fsp3) is 0.172. The Kier molecular flexibility index (Phi) is 8.03. The van der Waals surface area contributed by atoms with Crippen LogP contribution in [0.25, 0.3) is 16.9 Å². The van der Waals surface area contributed by atoms with Gasteiger partial charge in [0.15, 0.2) is 5.69 Å². The molecule has 0 atom stereocenters. The summed E-state index contributed by atoms with van der Waals surface area (Å²) in [6.45, 7) is 2.72. The fourth-order valence-corrected chi connectivity index (χ4v) is 5.91. The molecular formula is C29H23BrCl3N7O. The average Bonchev–Trinajstić information content (AvgIpc) is 3.62. The van der Waals surface area contributed by atoms with E-state index >= 15 is 0 Å². The molecule has 1 saturated heterocycles. The molecule has 0 unspecified atom stereocenters. The second-order valence-corrected chi connectivity index (χ2v) is 11.7. The van der Waals surface area contributed by atoms with Gasteiger partial charge in [0.05, 0.1) is 22.9 Å². The summed E-state index contributed by atoms with van der Waals surface area (Å²) in [4.78, 5) is 22.3. The lowest BCUT2D eigenvalue weighted by Gasteiger charge is -2.36. The zero-order valence-electron chi connectivity index (χ0n) is 21.6. The molecule has 1 amide bonds. The molecule has 1 aliphatic rings. The van der Waals surface area contributed by atoms with Gasteiger partial charge in [-0.05, 0) is 48.5 Å². The molecule has 1 aliphatic heterocycles. The van der Waals surface area contributed by atoms with Gasteiger partial charge in [-0.25, -0.2) is 14.3 Å². The van der Waals surface area contributed by atoms with Gasteiger partial charge >= 0.3 is 0 Å². The van der Waals surface area contributed by atoms with Crippen LogP contribution in [-0.4, -0.2) is 61.5 Å². The van der Waals surface area contributed by atoms with E-state index in [1.54, 1.807) is 33.9 Å². The molecule has 12 heteroatoms. The lowest BCUT2D eigenvalue weighted by Crippen LogP contribution is -2.49. The molecule has 0 aliphatic carbocycles. The van der Waals surface area contributed by atoms with Crippen LogP contribution in [0.4, 0.5) is 5.69 Å². The summed E-state index contributed by atoms with van der Waals surface area (Å²) in [5.41, 5.74) is 4.30. The second kappa shape index (κ2) is 11.9. The Hall–Kier alpha value is -3.37. The van der Waals surface area contributed by atoms with E-state index in [4.69, 9.17) is 39.9 Å². The van der Waals surface area contributed by atoms with Crippen molar-refractivity contribution in [2.75, 3.05) is 31.1 Å². The van der Waals surface area contributed by atoms with Gasteiger partial charge in [-0.1, -0.05) is 68.9 Å². The number of halogens is 4. The first-order valence-corrected chi connectivity index (χ1v) is 14.8. The fourth-order valence-electron chi connectivity index (χ4n) is 4.97. The minimum atomic E-state index is -0.159. The Bertz CT molecular complexity index is 1700. The molecule has 0 N–H and O–H groups in total. The minimum Gasteiger partial charge on any atom is -0.368 e. The molecule has 6 rings (SSSR count). The SMILES string of the molecule is O=C(c1nn(-c2ccc(Cl)cc2Cl)c(-c2ccc(Br)cc2)c1Cn1cncn1)N1CCN(c2cccc(Cl)c2)CC1. The number of nitrogens with zero attached hydrogens (tertiary/aromatic N) is 7. The average molecular weight is 672 g/mol. The van der Waals surface area contributed by atoms with Gasteiger partial charge in [-0.2, -0.15) is 10.2 Å². The maximum absolute atomic E-state index is 14.2. The van der Waals surface area contributed by atoms with Crippen molar-refractivity contribution in [3.63, 3.8) is 0 Å². The number of benzene rings is 3. The van der Waals surface area contributed by atoms with Gasteiger partial charge in [0, 0.05) is 57.5 Å². The van der Waals surface area contributed by atoms with E-state index in [0.717, 1.165) is 21.4 Å². The number of anilines is 1. The lowest BCUT2D eigenvalue weighted by atomic mass is 10.0. The van der Waals surface area contributed by atoms with Crippen molar-refractivity contribution in [3.05, 3.63) is 110 Å². The molecule has 3 heterocycles. The van der Waals surface area contributed by atoms with Gasteiger partial charge < -0.3 is 9.80 Å². The summed E-state index contributed by atoms with van der Waals surface area (Å²) in [5, 5.41) is 10.8. The third kappa shape index (κ3) is 5.85. The Labute approximate surface area is 260 Å². The molecule has 41 heavy (non-hydrogen) atoms. The highest BCUT2D eigenvalue weighted by atomic mass is 79.9. The molecular weight excluding hydrogens is 649 g/mol. The van der Waals surface area contributed by atoms with Gasteiger partial charge in [-0.15, -0.1) is 0 Å². The molecule has 208 valence electrons. The number of amides is 1. The van der Waals surface area contributed by atoms with E-state index in [1.807, 2.05) is 53.4 Å². The van der Waals surface area contributed by atoms with E-state index in [2.05, 4.69) is 30.9 Å². The number of hydrogen-bond acceptors (Lipinski definition) is 5. The largest absolute Gasteiger partial charge is 0.368 e. The molecule has 0 radical (unpaired) electrons. The smallest absolute Gasteiger partial charge is 0.274 e. The molecule has 3 aromatic carbocycles. The normalized spacial score (nSPS) is 13.6. The van der Waals surface area contributed by atoms with Crippen molar-refractivity contribution in [2.24, 2.45) is 0 Å². The van der Waals surface area contributed by atoms with Gasteiger partial charge in [0.25, 0.3) is 5.91 Å². The van der Waals surface area contributed by atoms with Gasteiger partial charge in [0.2, 0.25) is 0 Å². The first-order chi connectivity index (χ1) is 19.9. The van der Waals surface area contributed by atoms with Crippen molar-refractivity contribution < 1.29 is 4.79 Å². The number of hydrogen-bond donors (Lipinski definition) is 0. The predicted molar refractivity (Wildman–Crippen MR) is 165 cm³/mol. The van der Waals surface area contributed by atoms with Gasteiger partial charge in [0.1, 0.15) is 12.7 Å². The van der Waals surface area contributed by atoms with Crippen LogP contribution >= 0.6 is 50.7 Å². The highest BCUT2D eigenvalue weighted by Crippen LogP contribution is 2.35. The van der Waals surface area contributed by atoms with Crippen LogP contribution in [0.3, 0.4) is 0 Å². The van der Waals surface area contributed by atoms with E-state index in [9.17, 15) is 4.79 Å².